The highest BCUT2D eigenvalue weighted by Crippen LogP contribution is 2.27. The predicted octanol–water partition coefficient (Wildman–Crippen LogP) is 3.47. The zero-order valence-corrected chi connectivity index (χ0v) is 9.97. The van der Waals surface area contributed by atoms with Gasteiger partial charge in [0, 0.05) is 16.6 Å². The Labute approximate surface area is 101 Å². The van der Waals surface area contributed by atoms with E-state index in [2.05, 4.69) is 4.98 Å². The summed E-state index contributed by atoms with van der Waals surface area (Å²) in [6, 6.07) is 4.90. The average Bonchev–Trinajstić information content (AvgIpc) is 2.65. The lowest BCUT2D eigenvalue weighted by molar-refractivity contribution is 0.0697. The van der Waals surface area contributed by atoms with Gasteiger partial charge in [0.15, 0.2) is 0 Å². The third kappa shape index (κ3) is 2.08. The van der Waals surface area contributed by atoms with E-state index in [4.69, 9.17) is 16.7 Å². The molecule has 1 heterocycles. The normalized spacial score (nSPS) is 10.4. The molecular weight excluding hydrogens is 246 g/mol. The molecule has 0 radical (unpaired) electrons. The van der Waals surface area contributed by atoms with Gasteiger partial charge in [-0.25, -0.2) is 9.78 Å². The lowest BCUT2D eigenvalue weighted by Crippen LogP contribution is -1.97. The lowest BCUT2D eigenvalue weighted by atomic mass is 10.1. The molecule has 0 saturated heterocycles. The monoisotopic (exact) mass is 253 g/mol. The van der Waals surface area contributed by atoms with Gasteiger partial charge in [-0.3, -0.25) is 0 Å². The van der Waals surface area contributed by atoms with Crippen LogP contribution >= 0.6 is 22.9 Å². The molecule has 0 atom stereocenters. The van der Waals surface area contributed by atoms with Gasteiger partial charge in [0.05, 0.1) is 10.6 Å². The van der Waals surface area contributed by atoms with Gasteiger partial charge < -0.3 is 5.11 Å². The average molecular weight is 254 g/mol. The van der Waals surface area contributed by atoms with Gasteiger partial charge >= 0.3 is 5.97 Å². The Hall–Kier alpha value is -1.39. The number of nitrogens with zero attached hydrogens (tertiary/aromatic N) is 1. The minimum atomic E-state index is -1.03. The number of carboxylic acids is 1. The van der Waals surface area contributed by atoms with Crippen molar-refractivity contribution in [1.29, 1.82) is 0 Å². The number of hydrogen-bond acceptors (Lipinski definition) is 3. The summed E-state index contributed by atoms with van der Waals surface area (Å²) >= 11 is 7.27. The fourth-order valence-corrected chi connectivity index (χ4v) is 2.30. The summed E-state index contributed by atoms with van der Waals surface area (Å²) in [7, 11) is 0. The molecule has 0 spiro atoms. The van der Waals surface area contributed by atoms with Crippen molar-refractivity contribution in [3.63, 3.8) is 0 Å². The number of hydrogen-bond donors (Lipinski definition) is 1. The zero-order valence-electron chi connectivity index (χ0n) is 8.40. The van der Waals surface area contributed by atoms with E-state index in [0.717, 1.165) is 16.3 Å². The number of benzene rings is 1. The summed E-state index contributed by atoms with van der Waals surface area (Å²) in [6.45, 7) is 1.90. The van der Waals surface area contributed by atoms with Gasteiger partial charge in [0.2, 0.25) is 0 Å². The Kier molecular flexibility index (Phi) is 2.94. The van der Waals surface area contributed by atoms with Crippen LogP contribution in [0.5, 0.6) is 0 Å². The molecule has 0 bridgehead atoms. The minimum absolute atomic E-state index is 0.104. The van der Waals surface area contributed by atoms with Crippen molar-refractivity contribution in [3.8, 4) is 10.6 Å². The molecule has 0 aliphatic heterocycles. The number of carboxylic acid groups (broad SMARTS) is 1. The molecule has 16 heavy (non-hydrogen) atoms. The molecule has 0 aliphatic carbocycles. The first-order chi connectivity index (χ1) is 7.58. The molecule has 2 rings (SSSR count). The van der Waals surface area contributed by atoms with Crippen LogP contribution < -0.4 is 0 Å². The molecule has 0 saturated carbocycles. The van der Waals surface area contributed by atoms with Gasteiger partial charge in [-0.1, -0.05) is 17.7 Å². The van der Waals surface area contributed by atoms with Crippen LogP contribution in [-0.4, -0.2) is 16.1 Å². The van der Waals surface area contributed by atoms with E-state index < -0.39 is 5.97 Å². The van der Waals surface area contributed by atoms with Crippen molar-refractivity contribution < 1.29 is 9.90 Å². The van der Waals surface area contributed by atoms with Crippen molar-refractivity contribution >= 4 is 28.9 Å². The van der Waals surface area contributed by atoms with E-state index in [1.807, 2.05) is 12.3 Å². The van der Waals surface area contributed by atoms with E-state index in [-0.39, 0.29) is 10.6 Å². The van der Waals surface area contributed by atoms with Gasteiger partial charge in [-0.05, 0) is 19.1 Å². The van der Waals surface area contributed by atoms with E-state index in [9.17, 15) is 4.79 Å². The van der Waals surface area contributed by atoms with E-state index in [0.29, 0.717) is 0 Å². The quantitative estimate of drug-likeness (QED) is 0.892. The molecule has 1 aromatic heterocycles. The Balaban J connectivity index is 2.51. The molecule has 5 heteroatoms. The van der Waals surface area contributed by atoms with Crippen LogP contribution in [0.3, 0.4) is 0 Å². The topological polar surface area (TPSA) is 50.2 Å². The first-order valence-corrected chi connectivity index (χ1v) is 5.79. The van der Waals surface area contributed by atoms with Crippen LogP contribution in [0.1, 0.15) is 16.1 Å². The first kappa shape index (κ1) is 11.1. The summed E-state index contributed by atoms with van der Waals surface area (Å²) in [4.78, 5) is 15.2. The third-order valence-electron chi connectivity index (χ3n) is 2.06. The maximum Gasteiger partial charge on any atom is 0.337 e. The van der Waals surface area contributed by atoms with Crippen LogP contribution in [0.15, 0.2) is 23.6 Å². The third-order valence-corrected chi connectivity index (χ3v) is 3.40. The minimum Gasteiger partial charge on any atom is -0.478 e. The van der Waals surface area contributed by atoms with Crippen LogP contribution in [0, 0.1) is 6.92 Å². The van der Waals surface area contributed by atoms with Crippen molar-refractivity contribution in [2.24, 2.45) is 0 Å². The smallest absolute Gasteiger partial charge is 0.337 e. The highest BCUT2D eigenvalue weighted by Gasteiger charge is 2.11. The van der Waals surface area contributed by atoms with Crippen molar-refractivity contribution in [1.82, 2.24) is 4.98 Å². The molecule has 0 aliphatic rings. The van der Waals surface area contributed by atoms with Crippen LogP contribution in [0.2, 0.25) is 5.02 Å². The van der Waals surface area contributed by atoms with E-state index >= 15 is 0 Å². The van der Waals surface area contributed by atoms with E-state index in [1.54, 1.807) is 18.2 Å². The van der Waals surface area contributed by atoms with Gasteiger partial charge in [-0.15, -0.1) is 11.3 Å². The highest BCUT2D eigenvalue weighted by atomic mass is 35.5. The number of aromatic nitrogens is 1. The van der Waals surface area contributed by atoms with Gasteiger partial charge in [0.1, 0.15) is 5.01 Å². The lowest BCUT2D eigenvalue weighted by Gasteiger charge is -2.01. The van der Waals surface area contributed by atoms with Gasteiger partial charge in [0.25, 0.3) is 0 Å². The van der Waals surface area contributed by atoms with Crippen LogP contribution in [0.4, 0.5) is 0 Å². The maximum atomic E-state index is 10.9. The van der Waals surface area contributed by atoms with Crippen LogP contribution in [-0.2, 0) is 0 Å². The highest BCUT2D eigenvalue weighted by molar-refractivity contribution is 7.13. The second kappa shape index (κ2) is 4.23. The SMILES string of the molecule is Cc1csc(-c2ccc(Cl)c(C(=O)O)c2)n1. The predicted molar refractivity (Wildman–Crippen MR) is 64.3 cm³/mol. The molecule has 1 N–H and O–H groups in total. The second-order valence-corrected chi connectivity index (χ2v) is 4.56. The largest absolute Gasteiger partial charge is 0.478 e. The molecule has 0 unspecified atom stereocenters. The Morgan fingerprint density at radius 3 is 2.81 bits per heavy atom. The zero-order chi connectivity index (χ0) is 11.7. The van der Waals surface area contributed by atoms with Crippen molar-refractivity contribution in [3.05, 3.63) is 39.9 Å². The Bertz CT molecular complexity index is 551. The molecular formula is C11H8ClNO2S. The Morgan fingerprint density at radius 1 is 1.50 bits per heavy atom. The second-order valence-electron chi connectivity index (χ2n) is 3.29. The maximum absolute atomic E-state index is 10.9. The molecule has 0 fully saturated rings. The van der Waals surface area contributed by atoms with Crippen molar-refractivity contribution in [2.75, 3.05) is 0 Å². The van der Waals surface area contributed by atoms with Gasteiger partial charge in [-0.2, -0.15) is 0 Å². The van der Waals surface area contributed by atoms with Crippen molar-refractivity contribution in [2.45, 2.75) is 6.92 Å². The molecule has 2 aromatic rings. The summed E-state index contributed by atoms with van der Waals surface area (Å²) in [5, 5.41) is 11.9. The standard InChI is InChI=1S/C11H8ClNO2S/c1-6-5-16-10(13-6)7-2-3-9(12)8(4-7)11(14)15/h2-5H,1H3,(H,14,15). The number of rotatable bonds is 2. The molecule has 0 amide bonds. The number of aryl methyl sites for hydroxylation is 1. The van der Waals surface area contributed by atoms with Crippen LogP contribution in [0.25, 0.3) is 10.6 Å². The first-order valence-electron chi connectivity index (χ1n) is 4.53. The number of halogens is 1. The summed E-state index contributed by atoms with van der Waals surface area (Å²) in [6.07, 6.45) is 0. The summed E-state index contributed by atoms with van der Waals surface area (Å²) in [5.41, 5.74) is 1.80. The molecule has 1 aromatic carbocycles. The number of aromatic carboxylic acids is 1. The fraction of sp³-hybridized carbons (Fsp3) is 0.0909. The van der Waals surface area contributed by atoms with E-state index in [1.165, 1.54) is 11.3 Å². The Morgan fingerprint density at radius 2 is 2.25 bits per heavy atom. The summed E-state index contributed by atoms with van der Waals surface area (Å²) in [5.74, 6) is -1.03. The summed E-state index contributed by atoms with van der Waals surface area (Å²) < 4.78 is 0. The number of carbonyl (C=O) groups is 1. The molecule has 82 valence electrons. The fourth-order valence-electron chi connectivity index (χ4n) is 1.31. The number of thiazole rings is 1. The molecule has 3 nitrogen and oxygen atoms in total.